The van der Waals surface area contributed by atoms with Gasteiger partial charge in [-0.25, -0.2) is 0 Å². The highest BCUT2D eigenvalue weighted by Crippen LogP contribution is 2.43. The molecular formula is C54H35N. The van der Waals surface area contributed by atoms with Crippen molar-refractivity contribution in [2.24, 2.45) is 0 Å². The second kappa shape index (κ2) is 12.7. The Labute approximate surface area is 320 Å². The molecule has 11 rings (SSSR count). The molecule has 0 aliphatic heterocycles. The van der Waals surface area contributed by atoms with E-state index in [-0.39, 0.29) is 0 Å². The normalized spacial score (nSPS) is 11.6. The third-order valence-electron chi connectivity index (χ3n) is 11.4. The molecule has 11 aromatic rings. The summed E-state index contributed by atoms with van der Waals surface area (Å²) in [6.45, 7) is 0. The molecule has 0 radical (unpaired) electrons. The first-order valence-corrected chi connectivity index (χ1v) is 19.0. The van der Waals surface area contributed by atoms with Crippen LogP contribution in [0.1, 0.15) is 0 Å². The van der Waals surface area contributed by atoms with Gasteiger partial charge in [0, 0.05) is 16.5 Å². The Morgan fingerprint density at radius 1 is 0.236 bits per heavy atom. The number of hydrogen-bond acceptors (Lipinski definition) is 0. The molecule has 10 aromatic carbocycles. The number of rotatable bonds is 5. The second-order valence-electron chi connectivity index (χ2n) is 14.5. The number of fused-ring (bicyclic) bond motifs is 5. The zero-order valence-electron chi connectivity index (χ0n) is 30.2. The summed E-state index contributed by atoms with van der Waals surface area (Å²) in [5, 5.41) is 12.4. The van der Waals surface area contributed by atoms with E-state index in [9.17, 15) is 0 Å². The quantitative estimate of drug-likeness (QED) is 0.169. The zero-order chi connectivity index (χ0) is 36.3. The Balaban J connectivity index is 1.15. The molecular weight excluding hydrogens is 663 g/mol. The summed E-state index contributed by atoms with van der Waals surface area (Å²) in [6, 6.07) is 77.9. The average molecular weight is 698 g/mol. The van der Waals surface area contributed by atoms with Gasteiger partial charge >= 0.3 is 0 Å². The first kappa shape index (κ1) is 31.3. The third kappa shape index (κ3) is 5.16. The lowest BCUT2D eigenvalue weighted by Crippen LogP contribution is -2.01. The molecule has 0 aliphatic carbocycles. The molecule has 0 fully saturated rings. The molecule has 1 heterocycles. The van der Waals surface area contributed by atoms with Crippen LogP contribution in [-0.4, -0.2) is 4.57 Å². The maximum absolute atomic E-state index is 2.50. The summed E-state index contributed by atoms with van der Waals surface area (Å²) < 4.78 is 2.50. The summed E-state index contributed by atoms with van der Waals surface area (Å²) in [7, 11) is 0. The minimum atomic E-state index is 1.16. The second-order valence-corrected chi connectivity index (χ2v) is 14.5. The van der Waals surface area contributed by atoms with Crippen molar-refractivity contribution in [1.82, 2.24) is 4.57 Å². The third-order valence-corrected chi connectivity index (χ3v) is 11.4. The fourth-order valence-corrected chi connectivity index (χ4v) is 8.78. The molecule has 55 heavy (non-hydrogen) atoms. The van der Waals surface area contributed by atoms with Crippen molar-refractivity contribution in [1.29, 1.82) is 0 Å². The Morgan fingerprint density at radius 3 is 1.13 bits per heavy atom. The summed E-state index contributed by atoms with van der Waals surface area (Å²) in [4.78, 5) is 0. The molecule has 0 saturated heterocycles. The van der Waals surface area contributed by atoms with Crippen LogP contribution in [0.3, 0.4) is 0 Å². The Hall–Kier alpha value is -7.22. The number of hydrogen-bond donors (Lipinski definition) is 0. The summed E-state index contributed by atoms with van der Waals surface area (Å²) in [5.41, 5.74) is 10.8. The molecule has 0 saturated carbocycles. The first-order valence-electron chi connectivity index (χ1n) is 19.0. The largest absolute Gasteiger partial charge is 0.309 e. The minimum absolute atomic E-state index is 1.16. The highest BCUT2D eigenvalue weighted by Gasteiger charge is 2.20. The van der Waals surface area contributed by atoms with Gasteiger partial charge in [-0.15, -0.1) is 0 Å². The molecule has 1 aromatic heterocycles. The van der Waals surface area contributed by atoms with Crippen molar-refractivity contribution in [2.75, 3.05) is 0 Å². The van der Waals surface area contributed by atoms with Gasteiger partial charge in [0.05, 0.1) is 17.1 Å². The molecule has 256 valence electrons. The lowest BCUT2D eigenvalue weighted by molar-refractivity contribution is 1.11. The van der Waals surface area contributed by atoms with E-state index in [0.29, 0.717) is 0 Å². The molecule has 0 unspecified atom stereocenters. The van der Waals surface area contributed by atoms with E-state index in [2.05, 4.69) is 217 Å². The summed E-state index contributed by atoms with van der Waals surface area (Å²) in [6.07, 6.45) is 0. The van der Waals surface area contributed by atoms with Gasteiger partial charge in [0.15, 0.2) is 0 Å². The molecule has 0 N–H and O–H groups in total. The molecule has 1 nitrogen and oxygen atoms in total. The van der Waals surface area contributed by atoms with Gasteiger partial charge in [-0.05, 0) is 101 Å². The topological polar surface area (TPSA) is 4.93 Å². The Bertz CT molecular complexity index is 3090. The van der Waals surface area contributed by atoms with Crippen molar-refractivity contribution in [3.63, 3.8) is 0 Å². The maximum atomic E-state index is 2.50. The SMILES string of the molecule is c1ccc2cc(-c3ccc(-c4ccc(-c5ccc(-c6ccc7ccccc7c6)c6ccccc56)n4-c4cccc5ccccc45)c4ccccc34)ccc2c1. The molecule has 1 heteroatoms. The van der Waals surface area contributed by atoms with Crippen LogP contribution in [0.5, 0.6) is 0 Å². The standard InChI is InChI=1S/C54H35N/c1-3-15-39-34-41(26-24-36(39)12-1)43-28-30-50(48-21-9-7-19-46(43)48)53-32-33-54(55(53)52-23-11-17-38-14-5-6-18-45(38)52)51-31-29-44(47-20-8-10-22-49(47)51)42-27-25-37-13-2-4-16-40(37)35-42/h1-35H. The van der Waals surface area contributed by atoms with Crippen LogP contribution < -0.4 is 0 Å². The van der Waals surface area contributed by atoms with E-state index < -0.39 is 0 Å². The van der Waals surface area contributed by atoms with Gasteiger partial charge in [-0.1, -0.05) is 182 Å². The van der Waals surface area contributed by atoms with Crippen molar-refractivity contribution < 1.29 is 0 Å². The van der Waals surface area contributed by atoms with Crippen LogP contribution in [0, 0.1) is 0 Å². The van der Waals surface area contributed by atoms with Gasteiger partial charge in [-0.2, -0.15) is 0 Å². The van der Waals surface area contributed by atoms with Crippen LogP contribution in [0.15, 0.2) is 212 Å². The predicted octanol–water partition coefficient (Wildman–Crippen LogP) is 14.9. The van der Waals surface area contributed by atoms with Gasteiger partial charge in [0.1, 0.15) is 0 Å². The lowest BCUT2D eigenvalue weighted by atomic mass is 9.92. The molecule has 0 aliphatic rings. The van der Waals surface area contributed by atoms with Crippen LogP contribution in [0.4, 0.5) is 0 Å². The lowest BCUT2D eigenvalue weighted by Gasteiger charge is -2.20. The van der Waals surface area contributed by atoms with Crippen molar-refractivity contribution in [2.45, 2.75) is 0 Å². The number of nitrogens with zero attached hydrogens (tertiary/aromatic N) is 1. The van der Waals surface area contributed by atoms with Gasteiger partial charge in [0.25, 0.3) is 0 Å². The van der Waals surface area contributed by atoms with E-state index in [1.807, 2.05) is 0 Å². The predicted molar refractivity (Wildman–Crippen MR) is 235 cm³/mol. The minimum Gasteiger partial charge on any atom is -0.309 e. The molecule has 0 atom stereocenters. The highest BCUT2D eigenvalue weighted by molar-refractivity contribution is 6.09. The van der Waals surface area contributed by atoms with Crippen LogP contribution in [0.25, 0.3) is 104 Å². The average Bonchev–Trinajstić information content (AvgIpc) is 3.69. The summed E-state index contributed by atoms with van der Waals surface area (Å²) >= 11 is 0. The summed E-state index contributed by atoms with van der Waals surface area (Å²) in [5.74, 6) is 0. The number of benzene rings is 10. The van der Waals surface area contributed by atoms with Crippen LogP contribution in [-0.2, 0) is 0 Å². The van der Waals surface area contributed by atoms with Crippen molar-refractivity contribution >= 4 is 53.9 Å². The smallest absolute Gasteiger partial charge is 0.0541 e. The number of aromatic nitrogens is 1. The Morgan fingerprint density at radius 2 is 0.618 bits per heavy atom. The van der Waals surface area contributed by atoms with Gasteiger partial charge < -0.3 is 4.57 Å². The van der Waals surface area contributed by atoms with Crippen molar-refractivity contribution in [3.8, 4) is 50.5 Å². The Kier molecular flexibility index (Phi) is 7.25. The van der Waals surface area contributed by atoms with Gasteiger partial charge in [0.2, 0.25) is 0 Å². The molecule has 0 bridgehead atoms. The van der Waals surface area contributed by atoms with E-state index in [0.717, 1.165) is 11.4 Å². The van der Waals surface area contributed by atoms with Gasteiger partial charge in [-0.3, -0.25) is 0 Å². The van der Waals surface area contributed by atoms with Crippen LogP contribution >= 0.6 is 0 Å². The molecule has 0 amide bonds. The maximum Gasteiger partial charge on any atom is 0.0541 e. The first-order chi connectivity index (χ1) is 27.3. The fraction of sp³-hybridized carbons (Fsp3) is 0. The fourth-order valence-electron chi connectivity index (χ4n) is 8.78. The van der Waals surface area contributed by atoms with Crippen molar-refractivity contribution in [3.05, 3.63) is 212 Å². The monoisotopic (exact) mass is 697 g/mol. The zero-order valence-corrected chi connectivity index (χ0v) is 30.2. The molecule has 0 spiro atoms. The van der Waals surface area contributed by atoms with E-state index in [1.54, 1.807) is 0 Å². The van der Waals surface area contributed by atoms with Crippen LogP contribution in [0.2, 0.25) is 0 Å². The van der Waals surface area contributed by atoms with E-state index >= 15 is 0 Å². The van der Waals surface area contributed by atoms with E-state index in [4.69, 9.17) is 0 Å². The highest BCUT2D eigenvalue weighted by atomic mass is 15.0. The van der Waals surface area contributed by atoms with E-state index in [1.165, 1.54) is 92.9 Å².